The first-order valence-electron chi connectivity index (χ1n) is 8.55. The number of nitrogens with zero attached hydrogens (tertiary/aromatic N) is 2. The third-order valence-electron chi connectivity index (χ3n) is 3.72. The Morgan fingerprint density at radius 2 is 1.81 bits per heavy atom. The monoisotopic (exact) mass is 387 g/mol. The number of anilines is 2. The first-order valence-corrected chi connectivity index (χ1v) is 9.53. The Labute approximate surface area is 161 Å². The first-order chi connectivity index (χ1) is 13.1. The van der Waals surface area contributed by atoms with Crippen LogP contribution >= 0.6 is 11.8 Å². The second-order valence-electron chi connectivity index (χ2n) is 5.59. The molecule has 0 aliphatic rings. The molecule has 0 amide bonds. The van der Waals surface area contributed by atoms with Gasteiger partial charge in [-0.3, -0.25) is 0 Å². The molecule has 140 valence electrons. The van der Waals surface area contributed by atoms with Crippen LogP contribution in [0, 0.1) is 34.3 Å². The average Bonchev–Trinajstić information content (AvgIpc) is 2.67. The van der Waals surface area contributed by atoms with Crippen molar-refractivity contribution >= 4 is 23.1 Å². The van der Waals surface area contributed by atoms with E-state index in [9.17, 15) is 19.3 Å². The van der Waals surface area contributed by atoms with Gasteiger partial charge in [-0.25, -0.2) is 8.78 Å². The van der Waals surface area contributed by atoms with Crippen LogP contribution < -0.4 is 10.1 Å². The lowest BCUT2D eigenvalue weighted by molar-refractivity contribution is 0.340. The van der Waals surface area contributed by atoms with Crippen molar-refractivity contribution in [2.24, 2.45) is 0 Å². The van der Waals surface area contributed by atoms with Crippen LogP contribution in [0.4, 0.5) is 20.2 Å². The van der Waals surface area contributed by atoms with Gasteiger partial charge in [0.1, 0.15) is 29.0 Å². The molecule has 0 aliphatic heterocycles. The Hall–Kier alpha value is -2.77. The zero-order chi connectivity index (χ0) is 19.8. The molecular weight excluding hydrogens is 368 g/mol. The van der Waals surface area contributed by atoms with Crippen LogP contribution in [0.1, 0.15) is 37.8 Å². The SMILES string of the molecule is CCCCSc1c(F)c(C#N)c(C#N)c(F)c1Nc1cccc(OCC)c1. The van der Waals surface area contributed by atoms with Crippen molar-refractivity contribution in [3.63, 3.8) is 0 Å². The largest absolute Gasteiger partial charge is 0.494 e. The van der Waals surface area contributed by atoms with Crippen LogP contribution in [0.3, 0.4) is 0 Å². The predicted octanol–water partition coefficient (Wildman–Crippen LogP) is 5.74. The van der Waals surface area contributed by atoms with E-state index in [1.165, 1.54) is 0 Å². The quantitative estimate of drug-likeness (QED) is 0.462. The highest BCUT2D eigenvalue weighted by molar-refractivity contribution is 7.99. The summed E-state index contributed by atoms with van der Waals surface area (Å²) in [6.45, 7) is 4.31. The molecular formula is C20H19F2N3OS. The fourth-order valence-corrected chi connectivity index (χ4v) is 3.57. The fourth-order valence-electron chi connectivity index (χ4n) is 2.42. The molecule has 2 rings (SSSR count). The highest BCUT2D eigenvalue weighted by Gasteiger charge is 2.25. The molecule has 0 aromatic heterocycles. The predicted molar refractivity (Wildman–Crippen MR) is 102 cm³/mol. The van der Waals surface area contributed by atoms with E-state index in [0.717, 1.165) is 24.6 Å². The molecule has 0 aliphatic carbocycles. The number of unbranched alkanes of at least 4 members (excludes halogenated alkanes) is 1. The Balaban J connectivity index is 2.55. The summed E-state index contributed by atoms with van der Waals surface area (Å²) >= 11 is 1.13. The zero-order valence-electron chi connectivity index (χ0n) is 15.1. The molecule has 0 atom stereocenters. The van der Waals surface area contributed by atoms with Gasteiger partial charge < -0.3 is 10.1 Å². The fraction of sp³-hybridized carbons (Fsp3) is 0.300. The highest BCUT2D eigenvalue weighted by atomic mass is 32.2. The van der Waals surface area contributed by atoms with Crippen LogP contribution in [0.2, 0.25) is 0 Å². The molecule has 0 heterocycles. The lowest BCUT2D eigenvalue weighted by Crippen LogP contribution is -2.05. The van der Waals surface area contributed by atoms with Crippen molar-refractivity contribution in [3.8, 4) is 17.9 Å². The topological polar surface area (TPSA) is 68.8 Å². The van der Waals surface area contributed by atoms with Gasteiger partial charge in [-0.05, 0) is 31.2 Å². The van der Waals surface area contributed by atoms with E-state index in [1.54, 1.807) is 36.4 Å². The van der Waals surface area contributed by atoms with E-state index in [-0.39, 0.29) is 10.6 Å². The van der Waals surface area contributed by atoms with Crippen molar-refractivity contribution in [1.29, 1.82) is 10.5 Å². The second kappa shape index (κ2) is 9.80. The Morgan fingerprint density at radius 3 is 2.44 bits per heavy atom. The summed E-state index contributed by atoms with van der Waals surface area (Å²) in [7, 11) is 0. The molecule has 2 aromatic rings. The number of thioether (sulfide) groups is 1. The van der Waals surface area contributed by atoms with E-state index in [4.69, 9.17) is 4.74 Å². The van der Waals surface area contributed by atoms with Gasteiger partial charge in [0.25, 0.3) is 0 Å². The normalized spacial score (nSPS) is 10.1. The smallest absolute Gasteiger partial charge is 0.167 e. The van der Waals surface area contributed by atoms with Crippen molar-refractivity contribution in [1.82, 2.24) is 0 Å². The Bertz CT molecular complexity index is 904. The van der Waals surface area contributed by atoms with Crippen molar-refractivity contribution in [2.45, 2.75) is 31.6 Å². The van der Waals surface area contributed by atoms with E-state index >= 15 is 0 Å². The summed E-state index contributed by atoms with van der Waals surface area (Å²) in [4.78, 5) is -0.00156. The van der Waals surface area contributed by atoms with E-state index in [0.29, 0.717) is 23.8 Å². The molecule has 0 spiro atoms. The molecule has 27 heavy (non-hydrogen) atoms. The van der Waals surface area contributed by atoms with Gasteiger partial charge in [-0.15, -0.1) is 11.8 Å². The zero-order valence-corrected chi connectivity index (χ0v) is 15.9. The number of nitriles is 2. The number of hydrogen-bond acceptors (Lipinski definition) is 5. The van der Waals surface area contributed by atoms with Gasteiger partial charge in [0, 0.05) is 11.8 Å². The summed E-state index contributed by atoms with van der Waals surface area (Å²) in [6, 6.07) is 10.0. The van der Waals surface area contributed by atoms with E-state index in [1.807, 2.05) is 13.8 Å². The van der Waals surface area contributed by atoms with Crippen molar-refractivity contribution < 1.29 is 13.5 Å². The van der Waals surface area contributed by atoms with Crippen molar-refractivity contribution in [2.75, 3.05) is 17.7 Å². The third kappa shape index (κ3) is 4.69. The summed E-state index contributed by atoms with van der Waals surface area (Å²) < 4.78 is 35.2. The second-order valence-corrected chi connectivity index (χ2v) is 6.70. The van der Waals surface area contributed by atoms with Gasteiger partial charge >= 0.3 is 0 Å². The third-order valence-corrected chi connectivity index (χ3v) is 4.88. The standard InChI is InChI=1S/C20H19F2N3OS/c1-3-5-9-27-20-18(22)16(12-24)15(11-23)17(21)19(20)25-13-7-6-8-14(10-13)26-4-2/h6-8,10,25H,3-5,9H2,1-2H3. The molecule has 0 bridgehead atoms. The number of rotatable bonds is 8. The van der Waals surface area contributed by atoms with Crippen molar-refractivity contribution in [3.05, 3.63) is 47.0 Å². The maximum atomic E-state index is 15.0. The molecule has 4 nitrogen and oxygen atoms in total. The minimum absolute atomic E-state index is 0.00156. The Morgan fingerprint density at radius 1 is 1.11 bits per heavy atom. The minimum atomic E-state index is -0.934. The van der Waals surface area contributed by atoms with Gasteiger partial charge in [0.2, 0.25) is 0 Å². The average molecular weight is 387 g/mol. The number of ether oxygens (including phenoxy) is 1. The van der Waals surface area contributed by atoms with Crippen LogP contribution in [-0.4, -0.2) is 12.4 Å². The lowest BCUT2D eigenvalue weighted by Gasteiger charge is -2.16. The van der Waals surface area contributed by atoms with Gasteiger partial charge in [0.15, 0.2) is 11.6 Å². The molecule has 1 N–H and O–H groups in total. The molecule has 0 unspecified atom stereocenters. The van der Waals surface area contributed by atoms with Crippen LogP contribution in [0.25, 0.3) is 0 Å². The molecule has 0 saturated heterocycles. The minimum Gasteiger partial charge on any atom is -0.494 e. The van der Waals surface area contributed by atoms with E-state index < -0.39 is 22.8 Å². The van der Waals surface area contributed by atoms with Crippen LogP contribution in [0.15, 0.2) is 29.2 Å². The van der Waals surface area contributed by atoms with Gasteiger partial charge in [-0.1, -0.05) is 19.4 Å². The number of halogens is 2. The highest BCUT2D eigenvalue weighted by Crippen LogP contribution is 2.39. The maximum absolute atomic E-state index is 15.0. The van der Waals surface area contributed by atoms with Gasteiger partial charge in [-0.2, -0.15) is 10.5 Å². The first kappa shape index (κ1) is 20.5. The van der Waals surface area contributed by atoms with Crippen LogP contribution in [-0.2, 0) is 0 Å². The number of nitrogens with one attached hydrogen (secondary N) is 1. The summed E-state index contributed by atoms with van der Waals surface area (Å²) in [5.41, 5.74) is -0.816. The lowest BCUT2D eigenvalue weighted by atomic mass is 10.1. The molecule has 7 heteroatoms. The molecule has 0 radical (unpaired) electrons. The van der Waals surface area contributed by atoms with Gasteiger partial charge in [0.05, 0.1) is 17.2 Å². The number of hydrogen-bond donors (Lipinski definition) is 1. The molecule has 0 saturated carbocycles. The summed E-state index contributed by atoms with van der Waals surface area (Å²) in [5, 5.41) is 21.2. The maximum Gasteiger partial charge on any atom is 0.167 e. The summed E-state index contributed by atoms with van der Waals surface area (Å²) in [5.74, 6) is -0.661. The van der Waals surface area contributed by atoms with Crippen LogP contribution in [0.5, 0.6) is 5.75 Å². The molecule has 2 aromatic carbocycles. The van der Waals surface area contributed by atoms with E-state index in [2.05, 4.69) is 5.32 Å². The molecule has 0 fully saturated rings. The summed E-state index contributed by atoms with van der Waals surface area (Å²) in [6.07, 6.45) is 1.71. The number of benzene rings is 2. The Kier molecular flexibility index (Phi) is 7.45.